The maximum Gasteiger partial charge on any atom is 0.269 e. The number of rotatable bonds is 8. The number of nitro benzene ring substituents is 2. The Bertz CT molecular complexity index is 1060. The zero-order valence-electron chi connectivity index (χ0n) is 17.7. The molecular formula is C22H24N4O6. The van der Waals surface area contributed by atoms with Crippen LogP contribution in [0.3, 0.4) is 0 Å². The molecule has 1 aliphatic heterocycles. The van der Waals surface area contributed by atoms with Gasteiger partial charge in [0.25, 0.3) is 11.4 Å². The fourth-order valence-electron chi connectivity index (χ4n) is 3.79. The molecule has 0 radical (unpaired) electrons. The first-order chi connectivity index (χ1) is 15.1. The van der Waals surface area contributed by atoms with Crippen molar-refractivity contribution in [2.45, 2.75) is 26.2 Å². The number of carbonyl (C=O) groups excluding carboxylic acids is 2. The van der Waals surface area contributed by atoms with E-state index in [9.17, 15) is 29.8 Å². The van der Waals surface area contributed by atoms with Crippen molar-refractivity contribution in [3.05, 3.63) is 79.9 Å². The Balaban J connectivity index is 1.51. The average molecular weight is 440 g/mol. The molecule has 0 saturated carbocycles. The molecule has 1 fully saturated rings. The summed E-state index contributed by atoms with van der Waals surface area (Å²) in [6.45, 7) is 3.38. The van der Waals surface area contributed by atoms with Gasteiger partial charge in [-0.1, -0.05) is 31.2 Å². The van der Waals surface area contributed by atoms with Crippen LogP contribution in [0.1, 0.15) is 24.5 Å². The molecule has 0 spiro atoms. The van der Waals surface area contributed by atoms with Gasteiger partial charge in [0.1, 0.15) is 0 Å². The highest BCUT2D eigenvalue weighted by Crippen LogP contribution is 2.30. The third-order valence-electron chi connectivity index (χ3n) is 5.59. The third kappa shape index (κ3) is 5.87. The summed E-state index contributed by atoms with van der Waals surface area (Å²) < 4.78 is 0. The number of benzene rings is 2. The van der Waals surface area contributed by atoms with Gasteiger partial charge >= 0.3 is 0 Å². The number of non-ortho nitro benzene ring substituents is 2. The predicted octanol–water partition coefficient (Wildman–Crippen LogP) is 2.64. The van der Waals surface area contributed by atoms with Crippen LogP contribution in [-0.2, 0) is 22.4 Å². The highest BCUT2D eigenvalue weighted by molar-refractivity contribution is 5.80. The van der Waals surface area contributed by atoms with E-state index < -0.39 is 9.85 Å². The minimum atomic E-state index is -0.500. The van der Waals surface area contributed by atoms with Crippen molar-refractivity contribution in [3.8, 4) is 0 Å². The Hall–Kier alpha value is -3.82. The van der Waals surface area contributed by atoms with Crippen LogP contribution in [0, 0.1) is 25.6 Å². The maximum atomic E-state index is 12.7. The quantitative estimate of drug-likeness (QED) is 0.495. The molecule has 0 aliphatic carbocycles. The number of nitro groups is 2. The van der Waals surface area contributed by atoms with Crippen molar-refractivity contribution >= 4 is 23.2 Å². The smallest absolute Gasteiger partial charge is 0.269 e. The van der Waals surface area contributed by atoms with Gasteiger partial charge in [-0.15, -0.1) is 0 Å². The van der Waals surface area contributed by atoms with Crippen LogP contribution >= 0.6 is 0 Å². The highest BCUT2D eigenvalue weighted by atomic mass is 16.6. The minimum Gasteiger partial charge on any atom is -0.355 e. The van der Waals surface area contributed by atoms with E-state index in [1.807, 2.05) is 6.92 Å². The molecule has 1 atom stereocenters. The van der Waals surface area contributed by atoms with Gasteiger partial charge in [-0.25, -0.2) is 0 Å². The number of nitrogens with one attached hydrogen (secondary N) is 1. The number of carbonyl (C=O) groups is 2. The molecule has 1 N–H and O–H groups in total. The first-order valence-electron chi connectivity index (χ1n) is 10.2. The summed E-state index contributed by atoms with van der Waals surface area (Å²) in [6, 6.07) is 12.0. The van der Waals surface area contributed by atoms with E-state index in [0.717, 1.165) is 0 Å². The highest BCUT2D eigenvalue weighted by Gasteiger charge is 2.36. The zero-order valence-corrected chi connectivity index (χ0v) is 17.7. The van der Waals surface area contributed by atoms with Gasteiger partial charge in [-0.2, -0.15) is 0 Å². The van der Waals surface area contributed by atoms with Crippen molar-refractivity contribution in [3.63, 3.8) is 0 Å². The summed E-state index contributed by atoms with van der Waals surface area (Å²) in [5.41, 5.74) is 0.741. The van der Waals surface area contributed by atoms with E-state index in [-0.39, 0.29) is 41.4 Å². The van der Waals surface area contributed by atoms with Gasteiger partial charge < -0.3 is 10.2 Å². The molecule has 0 bridgehead atoms. The zero-order chi connectivity index (χ0) is 23.3. The normalized spacial score (nSPS) is 17.7. The lowest BCUT2D eigenvalue weighted by Gasteiger charge is -2.25. The van der Waals surface area contributed by atoms with E-state index >= 15 is 0 Å². The van der Waals surface area contributed by atoms with Crippen molar-refractivity contribution in [2.24, 2.45) is 5.41 Å². The lowest BCUT2D eigenvalue weighted by atomic mass is 9.89. The van der Waals surface area contributed by atoms with E-state index in [1.165, 1.54) is 24.3 Å². The second kappa shape index (κ2) is 9.54. The van der Waals surface area contributed by atoms with E-state index in [1.54, 1.807) is 29.2 Å². The number of nitrogens with zero attached hydrogens (tertiary/aromatic N) is 3. The molecule has 1 heterocycles. The maximum absolute atomic E-state index is 12.7. The van der Waals surface area contributed by atoms with Crippen LogP contribution < -0.4 is 5.32 Å². The molecule has 2 amide bonds. The molecule has 168 valence electrons. The van der Waals surface area contributed by atoms with Gasteiger partial charge in [-0.05, 0) is 17.5 Å². The van der Waals surface area contributed by atoms with Gasteiger partial charge in [-0.3, -0.25) is 29.8 Å². The summed E-state index contributed by atoms with van der Waals surface area (Å²) in [6.07, 6.45) is 0.828. The van der Waals surface area contributed by atoms with Crippen LogP contribution in [0.25, 0.3) is 0 Å². The lowest BCUT2D eigenvalue weighted by Crippen LogP contribution is -2.39. The van der Waals surface area contributed by atoms with Crippen LogP contribution in [0.5, 0.6) is 0 Å². The Kier molecular flexibility index (Phi) is 6.82. The third-order valence-corrected chi connectivity index (χ3v) is 5.59. The first-order valence-corrected chi connectivity index (χ1v) is 10.2. The number of hydrogen-bond acceptors (Lipinski definition) is 6. The number of amides is 2. The molecule has 1 aliphatic rings. The van der Waals surface area contributed by atoms with Gasteiger partial charge in [0.05, 0.1) is 22.7 Å². The number of likely N-dealkylation sites (tertiary alicyclic amines) is 1. The second-order valence-corrected chi connectivity index (χ2v) is 8.36. The SMILES string of the molecule is C[C@]1(CNC(=O)Cc2cccc([N+](=O)[O-])c2)CCN(C(=O)Cc2cccc([N+](=O)[O-])c2)C1. The van der Waals surface area contributed by atoms with Crippen LogP contribution in [0.15, 0.2) is 48.5 Å². The van der Waals surface area contributed by atoms with Crippen molar-refractivity contribution in [2.75, 3.05) is 19.6 Å². The van der Waals surface area contributed by atoms with Crippen LogP contribution in [0.4, 0.5) is 11.4 Å². The topological polar surface area (TPSA) is 136 Å². The van der Waals surface area contributed by atoms with Crippen LogP contribution in [-0.4, -0.2) is 46.2 Å². The molecular weight excluding hydrogens is 416 g/mol. The fourth-order valence-corrected chi connectivity index (χ4v) is 3.79. The predicted molar refractivity (Wildman–Crippen MR) is 116 cm³/mol. The van der Waals surface area contributed by atoms with Gasteiger partial charge in [0, 0.05) is 49.3 Å². The number of hydrogen-bond donors (Lipinski definition) is 1. The Morgan fingerprint density at radius 2 is 1.56 bits per heavy atom. The van der Waals surface area contributed by atoms with Gasteiger partial charge in [0.15, 0.2) is 0 Å². The summed E-state index contributed by atoms with van der Waals surface area (Å²) in [4.78, 5) is 47.5. The molecule has 0 unspecified atom stereocenters. The van der Waals surface area contributed by atoms with Crippen LogP contribution in [0.2, 0.25) is 0 Å². The molecule has 10 heteroatoms. The monoisotopic (exact) mass is 440 g/mol. The standard InChI is InChI=1S/C22H24N4O6/c1-22(14-23-20(27)12-16-4-2-6-18(10-16)25(29)30)8-9-24(15-22)21(28)13-17-5-3-7-19(11-17)26(31)32/h2-7,10-11H,8-9,12-15H2,1H3,(H,23,27)/t22-/m1/s1. The van der Waals surface area contributed by atoms with Crippen molar-refractivity contribution < 1.29 is 19.4 Å². The summed E-state index contributed by atoms with van der Waals surface area (Å²) in [5.74, 6) is -0.356. The lowest BCUT2D eigenvalue weighted by molar-refractivity contribution is -0.385. The second-order valence-electron chi connectivity index (χ2n) is 8.36. The first kappa shape index (κ1) is 22.9. The minimum absolute atomic E-state index is 0.0349. The summed E-state index contributed by atoms with van der Waals surface area (Å²) in [5, 5.41) is 24.7. The van der Waals surface area contributed by atoms with E-state index in [4.69, 9.17) is 0 Å². The summed E-state index contributed by atoms with van der Waals surface area (Å²) in [7, 11) is 0. The fraction of sp³-hybridized carbons (Fsp3) is 0.364. The molecule has 32 heavy (non-hydrogen) atoms. The molecule has 2 aromatic rings. The largest absolute Gasteiger partial charge is 0.355 e. The Morgan fingerprint density at radius 3 is 2.12 bits per heavy atom. The average Bonchev–Trinajstić information content (AvgIpc) is 3.15. The van der Waals surface area contributed by atoms with E-state index in [0.29, 0.717) is 37.2 Å². The van der Waals surface area contributed by atoms with Crippen molar-refractivity contribution in [1.82, 2.24) is 10.2 Å². The molecule has 10 nitrogen and oxygen atoms in total. The molecule has 3 rings (SSSR count). The molecule has 1 saturated heterocycles. The summed E-state index contributed by atoms with van der Waals surface area (Å²) >= 11 is 0. The Labute approximate surface area is 184 Å². The Morgan fingerprint density at radius 1 is 1.00 bits per heavy atom. The molecule has 0 aromatic heterocycles. The van der Waals surface area contributed by atoms with Gasteiger partial charge in [0.2, 0.25) is 11.8 Å². The van der Waals surface area contributed by atoms with E-state index in [2.05, 4.69) is 5.32 Å². The molecule has 2 aromatic carbocycles. The van der Waals surface area contributed by atoms with Crippen molar-refractivity contribution in [1.29, 1.82) is 0 Å².